The molecule has 2 aromatic rings. The predicted octanol–water partition coefficient (Wildman–Crippen LogP) is 3.76. The zero-order valence-corrected chi connectivity index (χ0v) is 20.5. The van der Waals surface area contributed by atoms with E-state index in [4.69, 9.17) is 22.6 Å². The maximum Gasteiger partial charge on any atom is 0.419 e. The summed E-state index contributed by atoms with van der Waals surface area (Å²) in [5.41, 5.74) is -4.11. The van der Waals surface area contributed by atoms with Gasteiger partial charge in [0.15, 0.2) is 10.8 Å². The number of aromatic nitrogens is 1. The van der Waals surface area contributed by atoms with Crippen LogP contribution >= 0.6 is 12.2 Å². The van der Waals surface area contributed by atoms with Crippen LogP contribution in [0.3, 0.4) is 0 Å². The number of nitriles is 1. The van der Waals surface area contributed by atoms with Gasteiger partial charge < -0.3 is 15.3 Å². The second-order valence-electron chi connectivity index (χ2n) is 8.78. The second-order valence-corrected chi connectivity index (χ2v) is 9.14. The smallest absolute Gasteiger partial charge is 0.419 e. The van der Waals surface area contributed by atoms with Crippen molar-refractivity contribution in [1.82, 2.24) is 10.3 Å². The normalized spacial score (nSPS) is 17.3. The number of thiocarbonyl (C=S) groups is 1. The summed E-state index contributed by atoms with van der Waals surface area (Å²) in [6, 6.07) is 4.16. The highest BCUT2D eigenvalue weighted by Crippen LogP contribution is 2.48. The molecule has 1 saturated heterocycles. The number of hydrogen-bond acceptors (Lipinski definition) is 6. The Morgan fingerprint density at radius 2 is 1.97 bits per heavy atom. The van der Waals surface area contributed by atoms with E-state index in [2.05, 4.69) is 10.3 Å². The van der Waals surface area contributed by atoms with Gasteiger partial charge in [-0.25, -0.2) is 14.2 Å². The molecular formula is C24H19F4N5O4S. The first kappa shape index (κ1) is 26.9. The first-order chi connectivity index (χ1) is 17.9. The first-order valence-corrected chi connectivity index (χ1v) is 11.8. The van der Waals surface area contributed by atoms with Crippen LogP contribution in [0.5, 0.6) is 0 Å². The van der Waals surface area contributed by atoms with E-state index in [1.54, 1.807) is 0 Å². The van der Waals surface area contributed by atoms with Gasteiger partial charge in [-0.1, -0.05) is 6.92 Å². The third kappa shape index (κ3) is 4.32. The highest BCUT2D eigenvalue weighted by atomic mass is 32.1. The molecule has 1 saturated carbocycles. The lowest BCUT2D eigenvalue weighted by atomic mass is 9.75. The van der Waals surface area contributed by atoms with E-state index in [9.17, 15) is 27.6 Å². The van der Waals surface area contributed by atoms with Gasteiger partial charge in [0.2, 0.25) is 0 Å². The molecule has 1 aromatic heterocycles. The number of benzene rings is 1. The highest BCUT2D eigenvalue weighted by molar-refractivity contribution is 7.81. The predicted molar refractivity (Wildman–Crippen MR) is 129 cm³/mol. The van der Waals surface area contributed by atoms with E-state index >= 15 is 4.39 Å². The van der Waals surface area contributed by atoms with Crippen LogP contribution in [0.25, 0.3) is 0 Å². The Balaban J connectivity index is 1.71. The quantitative estimate of drug-likeness (QED) is 0.412. The van der Waals surface area contributed by atoms with E-state index in [1.165, 1.54) is 24.0 Å². The molecule has 1 unspecified atom stereocenters. The molecule has 1 spiro atoms. The Bertz CT molecular complexity index is 1400. The monoisotopic (exact) mass is 549 g/mol. The van der Waals surface area contributed by atoms with Crippen LogP contribution in [0.2, 0.25) is 0 Å². The Morgan fingerprint density at radius 3 is 2.47 bits per heavy atom. The molecular weight excluding hydrogens is 530 g/mol. The molecule has 14 heteroatoms. The topological polar surface area (TPSA) is 127 Å². The van der Waals surface area contributed by atoms with Crippen LogP contribution in [-0.4, -0.2) is 44.6 Å². The van der Waals surface area contributed by atoms with Gasteiger partial charge in [-0.15, -0.1) is 0 Å². The largest absolute Gasteiger partial charge is 0.480 e. The van der Waals surface area contributed by atoms with E-state index in [0.29, 0.717) is 25.3 Å². The number of hydrogen-bond donors (Lipinski definition) is 2. The standard InChI is InChI=1S/C24H19F4N5O4S/c1-2-17(20(35)36)31-19(34)14-5-4-12(9-16(14)25)33-22(38)32(21(37)23(33)6-3-7-23)13-8-15(24(26,27)28)18(10-29)30-11-13/h4-5,8-9,11,17H,2-3,6-7H2,1H3,(H,31,34)(H,35,36). The number of anilines is 2. The van der Waals surface area contributed by atoms with Crippen LogP contribution in [0, 0.1) is 17.1 Å². The van der Waals surface area contributed by atoms with Crippen molar-refractivity contribution in [2.75, 3.05) is 9.80 Å². The lowest BCUT2D eigenvalue weighted by Gasteiger charge is -2.43. The average Bonchev–Trinajstić information content (AvgIpc) is 3.07. The Labute approximate surface area is 218 Å². The molecule has 2 N–H and O–H groups in total. The molecule has 2 heterocycles. The third-order valence-electron chi connectivity index (χ3n) is 6.60. The summed E-state index contributed by atoms with van der Waals surface area (Å²) in [5.74, 6) is -3.87. The number of rotatable bonds is 6. The van der Waals surface area contributed by atoms with Crippen LogP contribution in [0.4, 0.5) is 28.9 Å². The van der Waals surface area contributed by atoms with E-state index in [0.717, 1.165) is 23.2 Å². The summed E-state index contributed by atoms with van der Waals surface area (Å²) in [5, 5.41) is 20.2. The SMILES string of the molecule is CCC(NC(=O)c1ccc(N2C(=S)N(c3cnc(C#N)c(C(F)(F)F)c3)C(=O)C23CCC3)cc1F)C(=O)O. The van der Waals surface area contributed by atoms with Gasteiger partial charge in [-0.05, 0) is 62.2 Å². The number of aliphatic carboxylic acids is 1. The number of carboxylic acid groups (broad SMARTS) is 1. The van der Waals surface area contributed by atoms with Crippen molar-refractivity contribution in [2.45, 2.75) is 50.4 Å². The van der Waals surface area contributed by atoms with Crippen LogP contribution in [0.15, 0.2) is 30.5 Å². The van der Waals surface area contributed by atoms with Crippen molar-refractivity contribution in [3.05, 3.63) is 53.1 Å². The molecule has 1 aliphatic carbocycles. The number of nitrogens with zero attached hydrogens (tertiary/aromatic N) is 4. The molecule has 0 bridgehead atoms. The van der Waals surface area contributed by atoms with Crippen molar-refractivity contribution < 1.29 is 37.1 Å². The summed E-state index contributed by atoms with van der Waals surface area (Å²) in [6.07, 6.45) is -2.71. The zero-order valence-electron chi connectivity index (χ0n) is 19.7. The molecule has 1 aromatic carbocycles. The fourth-order valence-electron chi connectivity index (χ4n) is 4.49. The summed E-state index contributed by atoms with van der Waals surface area (Å²) in [4.78, 5) is 42.9. The van der Waals surface area contributed by atoms with Crippen molar-refractivity contribution in [2.24, 2.45) is 0 Å². The Morgan fingerprint density at radius 1 is 1.29 bits per heavy atom. The van der Waals surface area contributed by atoms with E-state index in [-0.39, 0.29) is 22.9 Å². The maximum atomic E-state index is 15.1. The lowest BCUT2D eigenvalue weighted by Crippen LogP contribution is -2.55. The number of amides is 2. The molecule has 4 rings (SSSR count). The first-order valence-electron chi connectivity index (χ1n) is 11.3. The summed E-state index contributed by atoms with van der Waals surface area (Å²) >= 11 is 5.47. The van der Waals surface area contributed by atoms with Crippen molar-refractivity contribution in [3.63, 3.8) is 0 Å². The van der Waals surface area contributed by atoms with Gasteiger partial charge in [0.25, 0.3) is 11.8 Å². The number of halogens is 4. The molecule has 198 valence electrons. The number of carbonyl (C=O) groups excluding carboxylic acids is 2. The summed E-state index contributed by atoms with van der Waals surface area (Å²) < 4.78 is 55.6. The minimum absolute atomic E-state index is 0.0730. The second kappa shape index (κ2) is 9.64. The fraction of sp³-hybridized carbons (Fsp3) is 0.333. The van der Waals surface area contributed by atoms with Gasteiger partial charge >= 0.3 is 12.1 Å². The number of carboxylic acids is 1. The van der Waals surface area contributed by atoms with Crippen molar-refractivity contribution in [1.29, 1.82) is 5.26 Å². The zero-order chi connectivity index (χ0) is 28.0. The van der Waals surface area contributed by atoms with Gasteiger partial charge in [0, 0.05) is 5.69 Å². The molecule has 2 fully saturated rings. The lowest BCUT2D eigenvalue weighted by molar-refractivity contribution is -0.139. The van der Waals surface area contributed by atoms with Crippen LogP contribution in [-0.2, 0) is 15.8 Å². The molecule has 1 atom stereocenters. The van der Waals surface area contributed by atoms with Gasteiger partial charge in [0.1, 0.15) is 23.5 Å². The third-order valence-corrected chi connectivity index (χ3v) is 6.97. The van der Waals surface area contributed by atoms with Gasteiger partial charge in [0.05, 0.1) is 23.0 Å². The Hall–Kier alpha value is -4.12. The molecule has 9 nitrogen and oxygen atoms in total. The van der Waals surface area contributed by atoms with Crippen LogP contribution < -0.4 is 15.1 Å². The van der Waals surface area contributed by atoms with Crippen molar-refractivity contribution >= 4 is 46.5 Å². The molecule has 2 aliphatic rings. The van der Waals surface area contributed by atoms with E-state index in [1.807, 2.05) is 0 Å². The summed E-state index contributed by atoms with van der Waals surface area (Å²) in [7, 11) is 0. The van der Waals surface area contributed by atoms with Gasteiger partial charge in [-0.3, -0.25) is 14.5 Å². The van der Waals surface area contributed by atoms with Gasteiger partial charge in [-0.2, -0.15) is 18.4 Å². The number of alkyl halides is 3. The van der Waals surface area contributed by atoms with Crippen molar-refractivity contribution in [3.8, 4) is 6.07 Å². The van der Waals surface area contributed by atoms with Crippen LogP contribution in [0.1, 0.15) is 54.2 Å². The number of carbonyl (C=O) groups is 3. The Kier molecular flexibility index (Phi) is 6.83. The fourth-order valence-corrected chi connectivity index (χ4v) is 4.96. The minimum atomic E-state index is -4.91. The number of pyridine rings is 1. The molecule has 2 amide bonds. The minimum Gasteiger partial charge on any atom is -0.480 e. The highest BCUT2D eigenvalue weighted by Gasteiger charge is 2.60. The molecule has 0 radical (unpaired) electrons. The summed E-state index contributed by atoms with van der Waals surface area (Å²) in [6.45, 7) is 1.54. The average molecular weight is 550 g/mol. The molecule has 1 aliphatic heterocycles. The molecule has 38 heavy (non-hydrogen) atoms. The van der Waals surface area contributed by atoms with E-state index < -0.39 is 58.2 Å². The maximum absolute atomic E-state index is 15.1. The number of nitrogens with one attached hydrogen (secondary N) is 1.